The Bertz CT molecular complexity index is 559. The van der Waals surface area contributed by atoms with Crippen LogP contribution in [0.1, 0.15) is 12.0 Å². The summed E-state index contributed by atoms with van der Waals surface area (Å²) in [5.74, 6) is -0.711. The first kappa shape index (κ1) is 17.9. The van der Waals surface area contributed by atoms with E-state index in [1.54, 1.807) is 17.8 Å². The average Bonchev–Trinajstić information content (AvgIpc) is 2.51. The van der Waals surface area contributed by atoms with Crippen molar-refractivity contribution in [1.82, 2.24) is 5.32 Å². The summed E-state index contributed by atoms with van der Waals surface area (Å²) in [7, 11) is 1.27. The number of hydrogen-bond acceptors (Lipinski definition) is 6. The molecule has 0 bridgehead atoms. The first-order chi connectivity index (χ1) is 10.5. The third-order valence-corrected chi connectivity index (χ3v) is 3.48. The maximum Gasteiger partial charge on any atom is 0.328 e. The van der Waals surface area contributed by atoms with Gasteiger partial charge in [-0.15, -0.1) is 0 Å². The molecule has 120 valence electrons. The van der Waals surface area contributed by atoms with Gasteiger partial charge in [0, 0.05) is 6.08 Å². The van der Waals surface area contributed by atoms with E-state index in [1.807, 2.05) is 6.26 Å². The van der Waals surface area contributed by atoms with E-state index in [0.29, 0.717) is 12.0 Å². The van der Waals surface area contributed by atoms with Crippen molar-refractivity contribution in [3.8, 4) is 11.5 Å². The Hall–Kier alpha value is -2.15. The van der Waals surface area contributed by atoms with Gasteiger partial charge in [0.15, 0.2) is 11.5 Å². The second-order valence-corrected chi connectivity index (χ2v) is 5.43. The molecule has 22 heavy (non-hydrogen) atoms. The van der Waals surface area contributed by atoms with Crippen LogP contribution < -0.4 is 5.32 Å². The van der Waals surface area contributed by atoms with Crippen molar-refractivity contribution in [1.29, 1.82) is 0 Å². The zero-order valence-corrected chi connectivity index (χ0v) is 13.2. The fourth-order valence-electron chi connectivity index (χ4n) is 1.66. The summed E-state index contributed by atoms with van der Waals surface area (Å²) in [6, 6.07) is 3.50. The summed E-state index contributed by atoms with van der Waals surface area (Å²) in [4.78, 5) is 23.4. The number of phenols is 2. The standard InChI is InChI=1S/C15H19NO5S/c1-21-15(20)11(7-8-22-2)16-14(19)6-4-10-3-5-12(17)13(18)9-10/h3-6,9,11,17-18H,7-8H2,1-2H3,(H,16,19)/b6-4+/t11-/m0/s1. The van der Waals surface area contributed by atoms with Crippen LogP contribution in [0.5, 0.6) is 11.5 Å². The summed E-state index contributed by atoms with van der Waals surface area (Å²) in [5, 5.41) is 21.1. The number of esters is 1. The number of nitrogens with one attached hydrogen (secondary N) is 1. The summed E-state index contributed by atoms with van der Waals surface area (Å²) in [5.41, 5.74) is 0.546. The Morgan fingerprint density at radius 1 is 1.36 bits per heavy atom. The predicted octanol–water partition coefficient (Wildman–Crippen LogP) is 1.52. The number of thioether (sulfide) groups is 1. The Morgan fingerprint density at radius 2 is 2.09 bits per heavy atom. The number of aromatic hydroxyl groups is 2. The maximum absolute atomic E-state index is 11.8. The van der Waals surface area contributed by atoms with Crippen LogP contribution in [0, 0.1) is 0 Å². The lowest BCUT2D eigenvalue weighted by Gasteiger charge is -2.14. The Balaban J connectivity index is 2.67. The molecule has 0 unspecified atom stereocenters. The number of phenolic OH excluding ortho intramolecular Hbond substituents is 2. The lowest BCUT2D eigenvalue weighted by Crippen LogP contribution is -2.41. The van der Waals surface area contributed by atoms with E-state index in [2.05, 4.69) is 10.1 Å². The third kappa shape index (κ3) is 5.69. The average molecular weight is 325 g/mol. The lowest BCUT2D eigenvalue weighted by atomic mass is 10.2. The minimum atomic E-state index is -0.692. The first-order valence-corrected chi connectivity index (χ1v) is 7.94. The van der Waals surface area contributed by atoms with Crippen LogP contribution in [0.4, 0.5) is 0 Å². The van der Waals surface area contributed by atoms with Crippen LogP contribution in [-0.4, -0.2) is 47.2 Å². The molecule has 6 nitrogen and oxygen atoms in total. The fraction of sp³-hybridized carbons (Fsp3) is 0.333. The highest BCUT2D eigenvalue weighted by atomic mass is 32.2. The number of amides is 1. The molecule has 0 spiro atoms. The molecule has 0 aromatic heterocycles. The van der Waals surface area contributed by atoms with Gasteiger partial charge in [-0.3, -0.25) is 4.79 Å². The van der Waals surface area contributed by atoms with Crippen LogP contribution in [0.3, 0.4) is 0 Å². The number of benzene rings is 1. The molecule has 0 fully saturated rings. The molecule has 1 rings (SSSR count). The Kier molecular flexibility index (Phi) is 7.31. The molecule has 1 aromatic rings. The molecule has 3 N–H and O–H groups in total. The van der Waals surface area contributed by atoms with E-state index in [4.69, 9.17) is 0 Å². The summed E-state index contributed by atoms with van der Waals surface area (Å²) in [6.45, 7) is 0. The molecule has 0 aliphatic heterocycles. The van der Waals surface area contributed by atoms with Crippen LogP contribution in [-0.2, 0) is 14.3 Å². The van der Waals surface area contributed by atoms with Gasteiger partial charge in [-0.2, -0.15) is 11.8 Å². The highest BCUT2D eigenvalue weighted by molar-refractivity contribution is 7.98. The lowest BCUT2D eigenvalue weighted by molar-refractivity contribution is -0.144. The smallest absolute Gasteiger partial charge is 0.328 e. The molecule has 0 aliphatic rings. The molecule has 1 atom stereocenters. The van der Waals surface area contributed by atoms with E-state index in [0.717, 1.165) is 5.75 Å². The van der Waals surface area contributed by atoms with Crippen molar-refractivity contribution in [2.24, 2.45) is 0 Å². The number of ether oxygens (including phenoxy) is 1. The molecular weight excluding hydrogens is 306 g/mol. The highest BCUT2D eigenvalue weighted by Gasteiger charge is 2.19. The van der Waals surface area contributed by atoms with Crippen molar-refractivity contribution in [3.05, 3.63) is 29.8 Å². The van der Waals surface area contributed by atoms with Gasteiger partial charge in [0.05, 0.1) is 7.11 Å². The zero-order chi connectivity index (χ0) is 16.5. The molecule has 0 saturated heterocycles. The molecule has 0 aliphatic carbocycles. The summed E-state index contributed by atoms with van der Waals surface area (Å²) in [6.07, 6.45) is 5.11. The van der Waals surface area contributed by atoms with Crippen molar-refractivity contribution in [3.63, 3.8) is 0 Å². The molecule has 7 heteroatoms. The van der Waals surface area contributed by atoms with Crippen LogP contribution in [0.25, 0.3) is 6.08 Å². The normalized spacial score (nSPS) is 12.1. The van der Waals surface area contributed by atoms with Gasteiger partial charge < -0.3 is 20.3 Å². The highest BCUT2D eigenvalue weighted by Crippen LogP contribution is 2.25. The second kappa shape index (κ2) is 8.99. The number of methoxy groups -OCH3 is 1. The Morgan fingerprint density at radius 3 is 2.68 bits per heavy atom. The minimum Gasteiger partial charge on any atom is -0.504 e. The van der Waals surface area contributed by atoms with Crippen LogP contribution in [0.15, 0.2) is 24.3 Å². The van der Waals surface area contributed by atoms with E-state index in [9.17, 15) is 19.8 Å². The van der Waals surface area contributed by atoms with Crippen LogP contribution in [0.2, 0.25) is 0 Å². The molecule has 0 heterocycles. The first-order valence-electron chi connectivity index (χ1n) is 6.55. The third-order valence-electron chi connectivity index (χ3n) is 2.84. The molecular formula is C15H19NO5S. The fourth-order valence-corrected chi connectivity index (χ4v) is 2.13. The van der Waals surface area contributed by atoms with E-state index >= 15 is 0 Å². The van der Waals surface area contributed by atoms with Gasteiger partial charge in [0.2, 0.25) is 5.91 Å². The van der Waals surface area contributed by atoms with E-state index in [1.165, 1.54) is 31.4 Å². The van der Waals surface area contributed by atoms with Crippen molar-refractivity contribution in [2.75, 3.05) is 19.1 Å². The number of rotatable bonds is 7. The second-order valence-electron chi connectivity index (χ2n) is 4.45. The van der Waals surface area contributed by atoms with Gasteiger partial charge >= 0.3 is 5.97 Å². The Labute approximate surface area is 133 Å². The van der Waals surface area contributed by atoms with Gasteiger partial charge in [-0.05, 0) is 42.2 Å². The van der Waals surface area contributed by atoms with Gasteiger partial charge in [-0.1, -0.05) is 6.07 Å². The largest absolute Gasteiger partial charge is 0.504 e. The maximum atomic E-state index is 11.8. The molecule has 0 radical (unpaired) electrons. The monoisotopic (exact) mass is 325 g/mol. The van der Waals surface area contributed by atoms with E-state index < -0.39 is 17.9 Å². The van der Waals surface area contributed by atoms with Crippen molar-refractivity contribution in [2.45, 2.75) is 12.5 Å². The van der Waals surface area contributed by atoms with Crippen molar-refractivity contribution < 1.29 is 24.5 Å². The predicted molar refractivity (Wildman–Crippen MR) is 85.8 cm³/mol. The minimum absolute atomic E-state index is 0.232. The summed E-state index contributed by atoms with van der Waals surface area (Å²) >= 11 is 1.57. The zero-order valence-electron chi connectivity index (χ0n) is 12.4. The molecule has 1 aromatic carbocycles. The topological polar surface area (TPSA) is 95.9 Å². The van der Waals surface area contributed by atoms with Gasteiger partial charge in [0.1, 0.15) is 6.04 Å². The molecule has 1 amide bonds. The van der Waals surface area contributed by atoms with E-state index in [-0.39, 0.29) is 11.5 Å². The van der Waals surface area contributed by atoms with Gasteiger partial charge in [-0.25, -0.2) is 4.79 Å². The molecule has 0 saturated carbocycles. The SMILES string of the molecule is COC(=O)[C@H](CCSC)NC(=O)/C=C/c1ccc(O)c(O)c1. The van der Waals surface area contributed by atoms with Crippen molar-refractivity contribution >= 4 is 29.7 Å². The number of carbonyl (C=O) groups excluding carboxylic acids is 2. The number of hydrogen-bond donors (Lipinski definition) is 3. The summed E-state index contributed by atoms with van der Waals surface area (Å²) < 4.78 is 4.65. The van der Waals surface area contributed by atoms with Crippen LogP contribution >= 0.6 is 11.8 Å². The number of carbonyl (C=O) groups is 2. The van der Waals surface area contributed by atoms with Gasteiger partial charge in [0.25, 0.3) is 0 Å². The quantitative estimate of drug-likeness (QED) is 0.400.